The van der Waals surface area contributed by atoms with Gasteiger partial charge < -0.3 is 15.7 Å². The highest BCUT2D eigenvalue weighted by Gasteiger charge is 2.22. The number of nitrogens with one attached hydrogen (secondary N) is 2. The van der Waals surface area contributed by atoms with Gasteiger partial charge in [-0.3, -0.25) is 0 Å². The van der Waals surface area contributed by atoms with E-state index in [9.17, 15) is 9.59 Å². The molecule has 20 heavy (non-hydrogen) atoms. The third kappa shape index (κ3) is 3.72. The number of urea groups is 1. The smallest absolute Gasteiger partial charge is 0.335 e. The van der Waals surface area contributed by atoms with Crippen LogP contribution in [0.4, 0.5) is 10.5 Å². The van der Waals surface area contributed by atoms with Gasteiger partial charge in [-0.1, -0.05) is 6.92 Å². The van der Waals surface area contributed by atoms with E-state index >= 15 is 0 Å². The van der Waals surface area contributed by atoms with Crippen molar-refractivity contribution in [3.63, 3.8) is 0 Å². The van der Waals surface area contributed by atoms with E-state index in [2.05, 4.69) is 33.5 Å². The minimum atomic E-state index is -0.998. The molecular formula is C14H17BrN2O3. The van der Waals surface area contributed by atoms with Crippen LogP contribution < -0.4 is 10.6 Å². The van der Waals surface area contributed by atoms with Gasteiger partial charge >= 0.3 is 12.0 Å². The molecule has 2 unspecified atom stereocenters. The van der Waals surface area contributed by atoms with Crippen molar-refractivity contribution in [1.82, 2.24) is 5.32 Å². The van der Waals surface area contributed by atoms with E-state index in [1.165, 1.54) is 12.1 Å². The van der Waals surface area contributed by atoms with Gasteiger partial charge in [-0.2, -0.15) is 0 Å². The number of carboxylic acids is 1. The van der Waals surface area contributed by atoms with Gasteiger partial charge in [0.1, 0.15) is 0 Å². The number of benzene rings is 1. The molecule has 0 saturated heterocycles. The highest BCUT2D eigenvalue weighted by Crippen LogP contribution is 2.26. The number of carboxylic acid groups (broad SMARTS) is 1. The molecule has 1 aromatic rings. The predicted molar refractivity (Wildman–Crippen MR) is 80.1 cm³/mol. The second-order valence-corrected chi connectivity index (χ2v) is 6.07. The normalized spacial score (nSPS) is 21.5. The average Bonchev–Trinajstić information content (AvgIpc) is 2.77. The molecule has 0 bridgehead atoms. The fourth-order valence-electron chi connectivity index (χ4n) is 2.43. The molecule has 0 radical (unpaired) electrons. The van der Waals surface area contributed by atoms with Crippen LogP contribution in [0.25, 0.3) is 0 Å². The quantitative estimate of drug-likeness (QED) is 0.788. The molecule has 0 spiro atoms. The first-order chi connectivity index (χ1) is 9.45. The first-order valence-electron chi connectivity index (χ1n) is 6.56. The SMILES string of the molecule is CC1CCC(NC(=O)Nc2ccc(C(=O)O)cc2Br)C1. The summed E-state index contributed by atoms with van der Waals surface area (Å²) in [5, 5.41) is 14.5. The molecule has 0 aliphatic heterocycles. The van der Waals surface area contributed by atoms with E-state index in [0.29, 0.717) is 16.1 Å². The molecule has 1 aliphatic carbocycles. The van der Waals surface area contributed by atoms with Crippen LogP contribution in [0.2, 0.25) is 0 Å². The Hall–Kier alpha value is -1.56. The molecule has 5 nitrogen and oxygen atoms in total. The lowest BCUT2D eigenvalue weighted by Gasteiger charge is -2.14. The molecule has 108 valence electrons. The molecule has 2 amide bonds. The van der Waals surface area contributed by atoms with Crippen LogP contribution >= 0.6 is 15.9 Å². The van der Waals surface area contributed by atoms with Gasteiger partial charge in [-0.25, -0.2) is 9.59 Å². The maximum Gasteiger partial charge on any atom is 0.335 e. The Kier molecular flexibility index (Phi) is 4.65. The zero-order valence-corrected chi connectivity index (χ0v) is 12.7. The summed E-state index contributed by atoms with van der Waals surface area (Å²) in [4.78, 5) is 22.7. The lowest BCUT2D eigenvalue weighted by atomic mass is 10.1. The molecule has 1 aliphatic rings. The number of amides is 2. The first kappa shape index (κ1) is 14.8. The Morgan fingerprint density at radius 1 is 1.35 bits per heavy atom. The van der Waals surface area contributed by atoms with Gasteiger partial charge in [0.15, 0.2) is 0 Å². The van der Waals surface area contributed by atoms with Crippen molar-refractivity contribution in [3.05, 3.63) is 28.2 Å². The van der Waals surface area contributed by atoms with Crippen LogP contribution in [0.5, 0.6) is 0 Å². The summed E-state index contributed by atoms with van der Waals surface area (Å²) < 4.78 is 0.548. The Morgan fingerprint density at radius 2 is 2.10 bits per heavy atom. The summed E-state index contributed by atoms with van der Waals surface area (Å²) in [7, 11) is 0. The molecule has 3 N–H and O–H groups in total. The minimum absolute atomic E-state index is 0.174. The van der Waals surface area contributed by atoms with Gasteiger partial charge in [0.25, 0.3) is 0 Å². The molecule has 0 aromatic heterocycles. The number of carbonyl (C=O) groups is 2. The monoisotopic (exact) mass is 340 g/mol. The Bertz CT molecular complexity index is 533. The third-order valence-electron chi connectivity index (χ3n) is 3.49. The van der Waals surface area contributed by atoms with E-state index in [4.69, 9.17) is 5.11 Å². The predicted octanol–water partition coefficient (Wildman–Crippen LogP) is 3.46. The minimum Gasteiger partial charge on any atom is -0.478 e. The number of halogens is 1. The van der Waals surface area contributed by atoms with Crippen LogP contribution in [-0.4, -0.2) is 23.1 Å². The van der Waals surface area contributed by atoms with E-state index in [1.807, 2.05) is 0 Å². The summed E-state index contributed by atoms with van der Waals surface area (Å²) in [6.45, 7) is 2.18. The van der Waals surface area contributed by atoms with Gasteiger partial charge in [0.2, 0.25) is 0 Å². The zero-order valence-electron chi connectivity index (χ0n) is 11.1. The number of aromatic carboxylic acids is 1. The standard InChI is InChI=1S/C14H17BrN2O3/c1-8-2-4-10(6-8)16-14(20)17-12-5-3-9(13(18)19)7-11(12)15/h3,5,7-8,10H,2,4,6H2,1H3,(H,18,19)(H2,16,17,20). The van der Waals surface area contributed by atoms with Crippen molar-refractivity contribution in [2.75, 3.05) is 5.32 Å². The fraction of sp³-hybridized carbons (Fsp3) is 0.429. The van der Waals surface area contributed by atoms with E-state index in [-0.39, 0.29) is 17.6 Å². The number of carbonyl (C=O) groups excluding carboxylic acids is 1. The number of hydrogen-bond donors (Lipinski definition) is 3. The van der Waals surface area contributed by atoms with Crippen LogP contribution in [-0.2, 0) is 0 Å². The van der Waals surface area contributed by atoms with Gasteiger partial charge in [-0.05, 0) is 59.3 Å². The van der Waals surface area contributed by atoms with Crippen LogP contribution in [0.15, 0.2) is 22.7 Å². The van der Waals surface area contributed by atoms with Crippen LogP contribution in [0.1, 0.15) is 36.5 Å². The summed E-state index contributed by atoms with van der Waals surface area (Å²) in [6.07, 6.45) is 3.15. The second-order valence-electron chi connectivity index (χ2n) is 5.21. The maximum absolute atomic E-state index is 11.9. The lowest BCUT2D eigenvalue weighted by molar-refractivity contribution is 0.0697. The number of anilines is 1. The molecule has 2 rings (SSSR count). The summed E-state index contributed by atoms with van der Waals surface area (Å²) in [6, 6.07) is 4.47. The highest BCUT2D eigenvalue weighted by atomic mass is 79.9. The zero-order chi connectivity index (χ0) is 14.7. The van der Waals surface area contributed by atoms with Crippen LogP contribution in [0, 0.1) is 5.92 Å². The third-order valence-corrected chi connectivity index (χ3v) is 4.15. The molecule has 1 aromatic carbocycles. The van der Waals surface area contributed by atoms with Crippen molar-refractivity contribution in [1.29, 1.82) is 0 Å². The summed E-state index contributed by atoms with van der Waals surface area (Å²) >= 11 is 3.26. The Labute approximate surface area is 125 Å². The van der Waals surface area contributed by atoms with E-state index in [0.717, 1.165) is 19.3 Å². The lowest BCUT2D eigenvalue weighted by Crippen LogP contribution is -2.36. The van der Waals surface area contributed by atoms with Crippen molar-refractivity contribution in [2.45, 2.75) is 32.2 Å². The van der Waals surface area contributed by atoms with Crippen molar-refractivity contribution >= 4 is 33.6 Å². The van der Waals surface area contributed by atoms with Crippen molar-refractivity contribution in [3.8, 4) is 0 Å². The van der Waals surface area contributed by atoms with Gasteiger partial charge in [0.05, 0.1) is 11.3 Å². The van der Waals surface area contributed by atoms with E-state index < -0.39 is 5.97 Å². The molecule has 1 fully saturated rings. The topological polar surface area (TPSA) is 78.4 Å². The van der Waals surface area contributed by atoms with E-state index in [1.54, 1.807) is 6.07 Å². The maximum atomic E-state index is 11.9. The van der Waals surface area contributed by atoms with Crippen molar-refractivity contribution < 1.29 is 14.7 Å². The highest BCUT2D eigenvalue weighted by molar-refractivity contribution is 9.10. The Balaban J connectivity index is 1.95. The molecule has 0 heterocycles. The number of hydrogen-bond acceptors (Lipinski definition) is 2. The van der Waals surface area contributed by atoms with Crippen LogP contribution in [0.3, 0.4) is 0 Å². The largest absolute Gasteiger partial charge is 0.478 e. The summed E-state index contributed by atoms with van der Waals surface area (Å²) in [5.74, 6) is -0.344. The van der Waals surface area contributed by atoms with Crippen molar-refractivity contribution in [2.24, 2.45) is 5.92 Å². The van der Waals surface area contributed by atoms with Gasteiger partial charge in [0, 0.05) is 10.5 Å². The average molecular weight is 341 g/mol. The van der Waals surface area contributed by atoms with Gasteiger partial charge in [-0.15, -0.1) is 0 Å². The summed E-state index contributed by atoms with van der Waals surface area (Å²) in [5.41, 5.74) is 0.728. The second kappa shape index (κ2) is 6.26. The number of rotatable bonds is 3. The molecule has 1 saturated carbocycles. The molecular weight excluding hydrogens is 324 g/mol. The Morgan fingerprint density at radius 3 is 2.65 bits per heavy atom. The first-order valence-corrected chi connectivity index (χ1v) is 7.35. The molecule has 6 heteroatoms. The fourth-order valence-corrected chi connectivity index (χ4v) is 2.91. The molecule has 2 atom stereocenters.